The first-order valence-corrected chi connectivity index (χ1v) is 13.3. The van der Waals surface area contributed by atoms with Gasteiger partial charge in [0, 0.05) is 39.4 Å². The molecule has 39 heavy (non-hydrogen) atoms. The fourth-order valence-corrected chi connectivity index (χ4v) is 4.65. The van der Waals surface area contributed by atoms with Gasteiger partial charge in [-0.25, -0.2) is 4.79 Å². The first-order chi connectivity index (χ1) is 18.4. The highest BCUT2D eigenvalue weighted by atomic mass is 79.9. The summed E-state index contributed by atoms with van der Waals surface area (Å²) in [6, 6.07) is 14.8. The van der Waals surface area contributed by atoms with E-state index in [0.29, 0.717) is 17.7 Å². The van der Waals surface area contributed by atoms with Gasteiger partial charge < -0.3 is 15.0 Å². The van der Waals surface area contributed by atoms with Crippen LogP contribution in [0.2, 0.25) is 0 Å². The second-order valence-electron chi connectivity index (χ2n) is 9.54. The maximum atomic E-state index is 11.5. The fourth-order valence-electron chi connectivity index (χ4n) is 4.39. The Balaban J connectivity index is 1.78. The number of aryl methyl sites for hydroxylation is 1. The van der Waals surface area contributed by atoms with Gasteiger partial charge in [0.15, 0.2) is 0 Å². The van der Waals surface area contributed by atoms with Crippen LogP contribution < -0.4 is 5.32 Å². The topological polar surface area (TPSA) is 54.3 Å². The lowest BCUT2D eigenvalue weighted by Gasteiger charge is -2.18. The van der Waals surface area contributed by atoms with Crippen molar-refractivity contribution >= 4 is 38.5 Å². The molecular weight excluding hydrogens is 548 g/mol. The number of carbonyl (C=O) groups is 1. The molecular formula is C34H35BrN2O2. The van der Waals surface area contributed by atoms with Gasteiger partial charge >= 0.3 is 5.97 Å². The van der Waals surface area contributed by atoms with Crippen LogP contribution in [0.15, 0.2) is 126 Å². The van der Waals surface area contributed by atoms with E-state index in [1.54, 1.807) is 6.08 Å². The van der Waals surface area contributed by atoms with Crippen LogP contribution in [0.3, 0.4) is 0 Å². The second kappa shape index (κ2) is 12.6. The number of fused-ring (bicyclic) bond motifs is 1. The molecule has 0 saturated carbocycles. The van der Waals surface area contributed by atoms with Gasteiger partial charge in [-0.2, -0.15) is 0 Å². The fraction of sp³-hybridized carbons (Fsp3) is 0.147. The molecule has 0 radical (unpaired) electrons. The molecule has 3 aromatic rings. The van der Waals surface area contributed by atoms with E-state index >= 15 is 0 Å². The second-order valence-corrected chi connectivity index (χ2v) is 10.5. The summed E-state index contributed by atoms with van der Waals surface area (Å²) in [7, 11) is 0. The van der Waals surface area contributed by atoms with Gasteiger partial charge in [0.2, 0.25) is 0 Å². The Hall–Kier alpha value is -4.09. The third-order valence-electron chi connectivity index (χ3n) is 6.86. The highest BCUT2D eigenvalue weighted by Gasteiger charge is 2.15. The number of hydrogen-bond donors (Lipinski definition) is 2. The molecule has 1 atom stereocenters. The quantitative estimate of drug-likeness (QED) is 0.166. The summed E-state index contributed by atoms with van der Waals surface area (Å²) >= 11 is 3.49. The van der Waals surface area contributed by atoms with Crippen molar-refractivity contribution in [3.63, 3.8) is 0 Å². The molecule has 1 aromatic heterocycles. The third-order valence-corrected chi connectivity index (χ3v) is 7.39. The Labute approximate surface area is 239 Å². The average Bonchev–Trinajstić information content (AvgIpc) is 3.14. The number of aromatic nitrogens is 1. The van der Waals surface area contributed by atoms with Crippen LogP contribution in [-0.4, -0.2) is 15.6 Å². The van der Waals surface area contributed by atoms with Crippen molar-refractivity contribution in [3.05, 3.63) is 149 Å². The van der Waals surface area contributed by atoms with Gasteiger partial charge in [0.1, 0.15) is 0 Å². The molecule has 0 aliphatic rings. The van der Waals surface area contributed by atoms with Gasteiger partial charge in [-0.3, -0.25) is 0 Å². The predicted molar refractivity (Wildman–Crippen MR) is 169 cm³/mol. The standard InChI is InChI=1S/C34H35BrN2O2/c1-9-10-31(34(38)39)23(4)22(3)12-11-21(2)20-37-27(8)24(5)32-19-29(15-18-33(32)37)26(7)36-25(6)28-13-16-30(35)17-14-28/h9-19,25,36H,1-4,7,20H2,5-6,8H3,(H,38,39)/b12-11-,31-10+. The molecule has 0 saturated heterocycles. The highest BCUT2D eigenvalue weighted by molar-refractivity contribution is 9.10. The lowest BCUT2D eigenvalue weighted by molar-refractivity contribution is -0.132. The van der Waals surface area contributed by atoms with Crippen molar-refractivity contribution in [2.75, 3.05) is 0 Å². The van der Waals surface area contributed by atoms with Gasteiger partial charge in [-0.1, -0.05) is 85.3 Å². The molecule has 2 N–H and O–H groups in total. The zero-order chi connectivity index (χ0) is 28.9. The first kappa shape index (κ1) is 29.5. The summed E-state index contributed by atoms with van der Waals surface area (Å²) in [6.07, 6.45) is 6.44. The van der Waals surface area contributed by atoms with Crippen LogP contribution in [0.1, 0.15) is 35.3 Å². The van der Waals surface area contributed by atoms with Gasteiger partial charge in [0.25, 0.3) is 0 Å². The van der Waals surface area contributed by atoms with E-state index in [1.807, 2.05) is 18.2 Å². The molecule has 2 aromatic carbocycles. The number of rotatable bonds is 12. The molecule has 1 unspecified atom stereocenters. The number of aliphatic carboxylic acids is 1. The molecule has 200 valence electrons. The molecule has 0 amide bonds. The Kier molecular flexibility index (Phi) is 9.55. The minimum atomic E-state index is -1.07. The number of halogens is 1. The Morgan fingerprint density at radius 1 is 1.08 bits per heavy atom. The molecule has 0 bridgehead atoms. The van der Waals surface area contributed by atoms with Crippen LogP contribution in [-0.2, 0) is 11.3 Å². The van der Waals surface area contributed by atoms with Crippen LogP contribution in [0, 0.1) is 13.8 Å². The monoisotopic (exact) mass is 582 g/mol. The van der Waals surface area contributed by atoms with Crippen LogP contribution >= 0.6 is 15.9 Å². The predicted octanol–water partition coefficient (Wildman–Crippen LogP) is 8.76. The lowest BCUT2D eigenvalue weighted by atomic mass is 9.99. The minimum absolute atomic E-state index is 0.0613. The molecule has 3 rings (SSSR count). The molecule has 0 spiro atoms. The molecule has 0 aliphatic carbocycles. The maximum Gasteiger partial charge on any atom is 0.336 e. The lowest BCUT2D eigenvalue weighted by Crippen LogP contribution is -2.16. The van der Waals surface area contributed by atoms with Gasteiger partial charge in [-0.15, -0.1) is 0 Å². The minimum Gasteiger partial charge on any atom is -0.478 e. The summed E-state index contributed by atoms with van der Waals surface area (Å²) < 4.78 is 3.29. The first-order valence-electron chi connectivity index (χ1n) is 12.6. The van der Waals surface area contributed by atoms with E-state index in [0.717, 1.165) is 32.5 Å². The summed E-state index contributed by atoms with van der Waals surface area (Å²) in [6.45, 7) is 26.9. The number of allylic oxidation sites excluding steroid dienone is 6. The van der Waals surface area contributed by atoms with Crippen molar-refractivity contribution in [1.82, 2.24) is 9.88 Å². The molecule has 4 nitrogen and oxygen atoms in total. The molecule has 0 aliphatic heterocycles. The van der Waals surface area contributed by atoms with E-state index in [-0.39, 0.29) is 11.6 Å². The highest BCUT2D eigenvalue weighted by Crippen LogP contribution is 2.29. The van der Waals surface area contributed by atoms with Crippen molar-refractivity contribution < 1.29 is 9.90 Å². The number of benzene rings is 2. The van der Waals surface area contributed by atoms with E-state index in [1.165, 1.54) is 28.7 Å². The molecule has 0 fully saturated rings. The molecule has 1 heterocycles. The van der Waals surface area contributed by atoms with Crippen LogP contribution in [0.5, 0.6) is 0 Å². The zero-order valence-electron chi connectivity index (χ0n) is 22.9. The maximum absolute atomic E-state index is 11.5. The number of hydrogen-bond acceptors (Lipinski definition) is 2. The Bertz CT molecular complexity index is 1550. The summed E-state index contributed by atoms with van der Waals surface area (Å²) in [4.78, 5) is 11.5. The van der Waals surface area contributed by atoms with Crippen LogP contribution in [0.25, 0.3) is 16.6 Å². The number of carboxylic acid groups (broad SMARTS) is 1. The van der Waals surface area contributed by atoms with Crippen molar-refractivity contribution in [3.8, 4) is 0 Å². The summed E-state index contributed by atoms with van der Waals surface area (Å²) in [5, 5.41) is 14.1. The van der Waals surface area contributed by atoms with E-state index in [2.05, 4.69) is 110 Å². The Morgan fingerprint density at radius 3 is 2.36 bits per heavy atom. The number of nitrogens with zero attached hydrogens (tertiary/aromatic N) is 1. The van der Waals surface area contributed by atoms with Gasteiger partial charge in [-0.05, 0) is 84.5 Å². The van der Waals surface area contributed by atoms with Gasteiger partial charge in [0.05, 0.1) is 5.57 Å². The average molecular weight is 584 g/mol. The number of carboxylic acids is 1. The zero-order valence-corrected chi connectivity index (χ0v) is 24.4. The third kappa shape index (κ3) is 6.87. The summed E-state index contributed by atoms with van der Waals surface area (Å²) in [5.41, 5.74) is 8.33. The van der Waals surface area contributed by atoms with E-state index < -0.39 is 5.97 Å². The summed E-state index contributed by atoms with van der Waals surface area (Å²) in [5.74, 6) is -1.07. The van der Waals surface area contributed by atoms with E-state index in [9.17, 15) is 9.90 Å². The Morgan fingerprint density at radius 2 is 1.74 bits per heavy atom. The van der Waals surface area contributed by atoms with Crippen molar-refractivity contribution in [2.24, 2.45) is 0 Å². The molecule has 5 heteroatoms. The van der Waals surface area contributed by atoms with Crippen molar-refractivity contribution in [2.45, 2.75) is 33.4 Å². The largest absolute Gasteiger partial charge is 0.478 e. The van der Waals surface area contributed by atoms with E-state index in [4.69, 9.17) is 0 Å². The smallest absolute Gasteiger partial charge is 0.336 e. The number of nitrogens with one attached hydrogen (secondary N) is 1. The van der Waals surface area contributed by atoms with Crippen LogP contribution in [0.4, 0.5) is 0 Å². The normalized spacial score (nSPS) is 12.4. The van der Waals surface area contributed by atoms with Crippen molar-refractivity contribution in [1.29, 1.82) is 0 Å². The SMILES string of the molecule is C=C/C=C(\C(=C)C(=C)/C=C\C(=C)Cn1c(C)c(C)c2cc(C(=C)NC(C)c3ccc(Br)cc3)ccc21)C(=O)O.